The molecule has 0 saturated heterocycles. The van der Waals surface area contributed by atoms with Crippen LogP contribution in [-0.2, 0) is 0 Å². The Morgan fingerprint density at radius 3 is 2.77 bits per heavy atom. The Morgan fingerprint density at radius 2 is 2.15 bits per heavy atom. The summed E-state index contributed by atoms with van der Waals surface area (Å²) in [4.78, 5) is 11.3. The Morgan fingerprint density at radius 1 is 1.46 bits per heavy atom. The average molecular weight is 178 g/mol. The molecule has 0 amide bonds. The second kappa shape index (κ2) is 4.30. The monoisotopic (exact) mass is 178 g/mol. The number of carbonyl (C=O) groups excluding carboxylic acids is 1. The van der Waals surface area contributed by atoms with Crippen LogP contribution in [0, 0.1) is 0 Å². The zero-order valence-electron chi connectivity index (χ0n) is 7.23. The van der Waals surface area contributed by atoms with Crippen LogP contribution >= 0.6 is 0 Å². The maximum atomic E-state index is 11.3. The molecule has 0 saturated carbocycles. The zero-order valence-corrected chi connectivity index (χ0v) is 7.23. The topological polar surface area (TPSA) is 46.5 Å². The molecule has 1 aromatic carbocycles. The highest BCUT2D eigenvalue weighted by Crippen LogP contribution is 2.17. The SMILES string of the molecule is COc1ccccc1C(=O)C=CO. The quantitative estimate of drug-likeness (QED) is 0.437. The van der Waals surface area contributed by atoms with E-state index in [1.54, 1.807) is 24.3 Å². The zero-order chi connectivity index (χ0) is 9.68. The number of rotatable bonds is 3. The van der Waals surface area contributed by atoms with E-state index in [9.17, 15) is 4.79 Å². The summed E-state index contributed by atoms with van der Waals surface area (Å²) in [5, 5.41) is 8.42. The first-order valence-electron chi connectivity index (χ1n) is 3.77. The van der Waals surface area contributed by atoms with E-state index in [-0.39, 0.29) is 5.78 Å². The van der Waals surface area contributed by atoms with Crippen LogP contribution in [0.2, 0.25) is 0 Å². The van der Waals surface area contributed by atoms with Crippen LogP contribution in [0.3, 0.4) is 0 Å². The van der Waals surface area contributed by atoms with E-state index in [0.29, 0.717) is 11.3 Å². The largest absolute Gasteiger partial charge is 0.515 e. The summed E-state index contributed by atoms with van der Waals surface area (Å²) in [6, 6.07) is 6.85. The van der Waals surface area contributed by atoms with Crippen molar-refractivity contribution in [2.45, 2.75) is 0 Å². The molecule has 0 radical (unpaired) electrons. The number of benzene rings is 1. The van der Waals surface area contributed by atoms with Gasteiger partial charge in [0.2, 0.25) is 0 Å². The van der Waals surface area contributed by atoms with Gasteiger partial charge in [-0.05, 0) is 12.1 Å². The fourth-order valence-electron chi connectivity index (χ4n) is 1.01. The predicted octanol–water partition coefficient (Wildman–Crippen LogP) is 1.95. The third-order valence-corrected chi connectivity index (χ3v) is 1.60. The fourth-order valence-corrected chi connectivity index (χ4v) is 1.01. The number of allylic oxidation sites excluding steroid dienone is 1. The number of ketones is 1. The van der Waals surface area contributed by atoms with Crippen molar-refractivity contribution in [2.24, 2.45) is 0 Å². The summed E-state index contributed by atoms with van der Waals surface area (Å²) in [7, 11) is 1.49. The fraction of sp³-hybridized carbons (Fsp3) is 0.100. The minimum absolute atomic E-state index is 0.278. The van der Waals surface area contributed by atoms with E-state index in [0.717, 1.165) is 12.3 Å². The Balaban J connectivity index is 3.05. The van der Waals surface area contributed by atoms with Gasteiger partial charge in [0.25, 0.3) is 0 Å². The van der Waals surface area contributed by atoms with Crippen LogP contribution in [0.4, 0.5) is 0 Å². The molecule has 0 spiro atoms. The minimum Gasteiger partial charge on any atom is -0.515 e. The standard InChI is InChI=1S/C10H10O3/c1-13-10-5-3-2-4-8(10)9(12)6-7-11/h2-7,11H,1H3. The molecule has 3 heteroatoms. The molecule has 1 rings (SSSR count). The van der Waals surface area contributed by atoms with E-state index in [2.05, 4.69) is 0 Å². The van der Waals surface area contributed by atoms with Crippen molar-refractivity contribution in [2.75, 3.05) is 7.11 Å². The van der Waals surface area contributed by atoms with Gasteiger partial charge >= 0.3 is 0 Å². The van der Waals surface area contributed by atoms with Crippen molar-refractivity contribution >= 4 is 5.78 Å². The van der Waals surface area contributed by atoms with Crippen LogP contribution in [0.15, 0.2) is 36.6 Å². The van der Waals surface area contributed by atoms with Crippen molar-refractivity contribution in [3.05, 3.63) is 42.2 Å². The molecular weight excluding hydrogens is 168 g/mol. The van der Waals surface area contributed by atoms with E-state index < -0.39 is 0 Å². The lowest BCUT2D eigenvalue weighted by Gasteiger charge is -2.03. The van der Waals surface area contributed by atoms with Crippen LogP contribution in [0.5, 0.6) is 5.75 Å². The Kier molecular flexibility index (Phi) is 3.09. The number of aliphatic hydroxyl groups excluding tert-OH is 1. The Bertz CT molecular complexity index is 329. The average Bonchev–Trinajstić information content (AvgIpc) is 2.18. The van der Waals surface area contributed by atoms with Crippen molar-refractivity contribution in [1.29, 1.82) is 0 Å². The molecule has 68 valence electrons. The third-order valence-electron chi connectivity index (χ3n) is 1.60. The number of para-hydroxylation sites is 1. The maximum absolute atomic E-state index is 11.3. The first-order chi connectivity index (χ1) is 6.29. The molecule has 1 aromatic rings. The van der Waals surface area contributed by atoms with Crippen LogP contribution in [0.1, 0.15) is 10.4 Å². The van der Waals surface area contributed by atoms with Gasteiger partial charge in [0.05, 0.1) is 18.9 Å². The summed E-state index contributed by atoms with van der Waals surface area (Å²) in [5.74, 6) is 0.227. The molecule has 0 aliphatic rings. The first-order valence-corrected chi connectivity index (χ1v) is 3.77. The number of hydrogen-bond acceptors (Lipinski definition) is 3. The number of methoxy groups -OCH3 is 1. The summed E-state index contributed by atoms with van der Waals surface area (Å²) < 4.78 is 4.98. The lowest BCUT2D eigenvalue weighted by atomic mass is 10.1. The lowest BCUT2D eigenvalue weighted by Crippen LogP contribution is -1.98. The second-order valence-corrected chi connectivity index (χ2v) is 2.38. The van der Waals surface area contributed by atoms with Crippen LogP contribution in [-0.4, -0.2) is 18.0 Å². The second-order valence-electron chi connectivity index (χ2n) is 2.38. The van der Waals surface area contributed by atoms with Gasteiger partial charge in [-0.3, -0.25) is 4.79 Å². The smallest absolute Gasteiger partial charge is 0.192 e. The van der Waals surface area contributed by atoms with Crippen molar-refractivity contribution in [3.63, 3.8) is 0 Å². The summed E-state index contributed by atoms with van der Waals surface area (Å²) in [5.41, 5.74) is 0.440. The molecule has 0 aromatic heterocycles. The molecule has 0 fully saturated rings. The van der Waals surface area contributed by atoms with Gasteiger partial charge in [0.15, 0.2) is 5.78 Å². The van der Waals surface area contributed by atoms with Crippen molar-refractivity contribution in [3.8, 4) is 5.75 Å². The highest BCUT2D eigenvalue weighted by Gasteiger charge is 2.07. The molecule has 0 heterocycles. The third kappa shape index (κ3) is 2.08. The van der Waals surface area contributed by atoms with Crippen molar-refractivity contribution in [1.82, 2.24) is 0 Å². The van der Waals surface area contributed by atoms with E-state index in [1.165, 1.54) is 7.11 Å². The van der Waals surface area contributed by atoms with Gasteiger partial charge in [-0.2, -0.15) is 0 Å². The summed E-state index contributed by atoms with van der Waals surface area (Å²) >= 11 is 0. The molecule has 1 N–H and O–H groups in total. The maximum Gasteiger partial charge on any atom is 0.192 e. The number of hydrogen-bond donors (Lipinski definition) is 1. The van der Waals surface area contributed by atoms with Gasteiger partial charge in [0.1, 0.15) is 5.75 Å². The van der Waals surface area contributed by atoms with Crippen LogP contribution in [0.25, 0.3) is 0 Å². The molecule has 0 aliphatic heterocycles. The van der Waals surface area contributed by atoms with Gasteiger partial charge in [-0.25, -0.2) is 0 Å². The molecule has 0 atom stereocenters. The normalized spacial score (nSPS) is 10.2. The molecular formula is C10H10O3. The molecule has 3 nitrogen and oxygen atoms in total. The molecule has 13 heavy (non-hydrogen) atoms. The van der Waals surface area contributed by atoms with Gasteiger partial charge in [0, 0.05) is 6.08 Å². The molecule has 0 bridgehead atoms. The molecule has 0 aliphatic carbocycles. The number of carbonyl (C=O) groups is 1. The van der Waals surface area contributed by atoms with E-state index in [4.69, 9.17) is 9.84 Å². The Labute approximate surface area is 76.3 Å². The lowest BCUT2D eigenvalue weighted by molar-refractivity contribution is 0.104. The van der Waals surface area contributed by atoms with Crippen LogP contribution < -0.4 is 4.74 Å². The van der Waals surface area contributed by atoms with Gasteiger partial charge in [-0.1, -0.05) is 12.1 Å². The van der Waals surface area contributed by atoms with Gasteiger partial charge in [-0.15, -0.1) is 0 Å². The first kappa shape index (κ1) is 9.32. The summed E-state index contributed by atoms with van der Waals surface area (Å²) in [6.07, 6.45) is 1.80. The number of aliphatic hydroxyl groups is 1. The van der Waals surface area contributed by atoms with Gasteiger partial charge < -0.3 is 9.84 Å². The summed E-state index contributed by atoms with van der Waals surface area (Å²) in [6.45, 7) is 0. The molecule has 0 unspecified atom stereocenters. The highest BCUT2D eigenvalue weighted by atomic mass is 16.5. The Hall–Kier alpha value is -1.77. The van der Waals surface area contributed by atoms with E-state index in [1.807, 2.05) is 0 Å². The minimum atomic E-state index is -0.278. The van der Waals surface area contributed by atoms with E-state index >= 15 is 0 Å². The predicted molar refractivity (Wildman–Crippen MR) is 49.1 cm³/mol. The van der Waals surface area contributed by atoms with Crippen molar-refractivity contribution < 1.29 is 14.6 Å². The highest BCUT2D eigenvalue weighted by molar-refractivity contribution is 6.06. The number of ether oxygens (including phenoxy) is 1.